The van der Waals surface area contributed by atoms with Crippen LogP contribution in [0.25, 0.3) is 0 Å². The van der Waals surface area contributed by atoms with Crippen molar-refractivity contribution in [1.82, 2.24) is 15.5 Å². The summed E-state index contributed by atoms with van der Waals surface area (Å²) in [6.45, 7) is 4.23. The molecule has 4 N–H and O–H groups in total. The van der Waals surface area contributed by atoms with E-state index < -0.39 is 17.5 Å². The number of nitrogens with two attached hydrogens (primary N) is 1. The van der Waals surface area contributed by atoms with Gasteiger partial charge >= 0.3 is 0 Å². The SMILES string of the molecule is CC(C)NC(=O)[C@@H]1CN(C(=O)[C@@H](N)c2ccccc2)C[C@]12Cc1ccccc1C(=O)N2. The molecule has 3 amide bonds. The van der Waals surface area contributed by atoms with Crippen LogP contribution in [0.3, 0.4) is 0 Å². The molecule has 0 saturated carbocycles. The first-order chi connectivity index (χ1) is 14.8. The zero-order valence-electron chi connectivity index (χ0n) is 17.8. The lowest BCUT2D eigenvalue weighted by Gasteiger charge is -2.39. The molecule has 0 bridgehead atoms. The third-order valence-electron chi connectivity index (χ3n) is 6.16. The summed E-state index contributed by atoms with van der Waals surface area (Å²) in [7, 11) is 0. The van der Waals surface area contributed by atoms with Crippen LogP contribution >= 0.6 is 0 Å². The molecule has 2 aliphatic rings. The van der Waals surface area contributed by atoms with E-state index in [2.05, 4.69) is 10.6 Å². The maximum Gasteiger partial charge on any atom is 0.252 e. The number of nitrogens with zero attached hydrogens (tertiary/aromatic N) is 1. The van der Waals surface area contributed by atoms with Crippen LogP contribution in [0.5, 0.6) is 0 Å². The van der Waals surface area contributed by atoms with E-state index in [1.54, 1.807) is 11.0 Å². The van der Waals surface area contributed by atoms with Gasteiger partial charge in [0, 0.05) is 24.7 Å². The minimum atomic E-state index is -0.865. The zero-order chi connectivity index (χ0) is 22.2. The number of rotatable bonds is 4. The van der Waals surface area contributed by atoms with Crippen molar-refractivity contribution >= 4 is 17.7 Å². The van der Waals surface area contributed by atoms with Crippen LogP contribution in [0.2, 0.25) is 0 Å². The molecular formula is C24H28N4O3. The quantitative estimate of drug-likeness (QED) is 0.695. The van der Waals surface area contributed by atoms with E-state index >= 15 is 0 Å². The van der Waals surface area contributed by atoms with Crippen molar-refractivity contribution < 1.29 is 14.4 Å². The van der Waals surface area contributed by atoms with E-state index in [1.807, 2.05) is 62.4 Å². The second-order valence-corrected chi connectivity index (χ2v) is 8.77. The summed E-state index contributed by atoms with van der Waals surface area (Å²) >= 11 is 0. The molecule has 0 aliphatic carbocycles. The van der Waals surface area contributed by atoms with Crippen molar-refractivity contribution in [3.63, 3.8) is 0 Å². The maximum absolute atomic E-state index is 13.2. The van der Waals surface area contributed by atoms with Crippen LogP contribution in [0.15, 0.2) is 54.6 Å². The Labute approximate surface area is 182 Å². The Bertz CT molecular complexity index is 1010. The van der Waals surface area contributed by atoms with Gasteiger partial charge < -0.3 is 21.3 Å². The third kappa shape index (κ3) is 3.93. The molecule has 4 rings (SSSR count). The highest BCUT2D eigenvalue weighted by Gasteiger charge is 2.54. The smallest absolute Gasteiger partial charge is 0.252 e. The molecule has 31 heavy (non-hydrogen) atoms. The number of hydrogen-bond acceptors (Lipinski definition) is 4. The molecule has 3 atom stereocenters. The zero-order valence-corrected chi connectivity index (χ0v) is 17.8. The van der Waals surface area contributed by atoms with E-state index in [4.69, 9.17) is 5.73 Å². The highest BCUT2D eigenvalue weighted by Crippen LogP contribution is 2.36. The number of hydrogen-bond donors (Lipinski definition) is 3. The molecule has 1 saturated heterocycles. The molecule has 7 heteroatoms. The second kappa shape index (κ2) is 8.15. The van der Waals surface area contributed by atoms with Crippen LogP contribution in [-0.2, 0) is 16.0 Å². The summed E-state index contributed by atoms with van der Waals surface area (Å²) < 4.78 is 0. The topological polar surface area (TPSA) is 105 Å². The highest BCUT2D eigenvalue weighted by molar-refractivity contribution is 5.99. The van der Waals surface area contributed by atoms with Gasteiger partial charge in [-0.05, 0) is 37.5 Å². The number of likely N-dealkylation sites (tertiary alicyclic amines) is 1. The van der Waals surface area contributed by atoms with Gasteiger partial charge in [0.05, 0.1) is 11.5 Å². The first-order valence-electron chi connectivity index (χ1n) is 10.6. The molecule has 2 aromatic rings. The van der Waals surface area contributed by atoms with E-state index in [-0.39, 0.29) is 36.9 Å². The number of carbonyl (C=O) groups excluding carboxylic acids is 3. The van der Waals surface area contributed by atoms with Gasteiger partial charge in [-0.1, -0.05) is 48.5 Å². The normalized spacial score (nSPS) is 23.4. The van der Waals surface area contributed by atoms with Crippen LogP contribution < -0.4 is 16.4 Å². The average Bonchev–Trinajstić information content (AvgIpc) is 3.11. The molecule has 0 radical (unpaired) electrons. The summed E-state index contributed by atoms with van der Waals surface area (Å²) in [4.78, 5) is 40.9. The van der Waals surface area contributed by atoms with Gasteiger partial charge in [0.1, 0.15) is 6.04 Å². The Morgan fingerprint density at radius 1 is 1.13 bits per heavy atom. The molecule has 7 nitrogen and oxygen atoms in total. The molecule has 162 valence electrons. The van der Waals surface area contributed by atoms with Gasteiger partial charge in [0.25, 0.3) is 5.91 Å². The number of nitrogens with one attached hydrogen (secondary N) is 2. The number of fused-ring (bicyclic) bond motifs is 1. The van der Waals surface area contributed by atoms with Gasteiger partial charge in [0.2, 0.25) is 11.8 Å². The van der Waals surface area contributed by atoms with Crippen LogP contribution in [-0.4, -0.2) is 47.3 Å². The summed E-state index contributed by atoms with van der Waals surface area (Å²) in [5.41, 5.74) is 7.61. The summed E-state index contributed by atoms with van der Waals surface area (Å²) in [6, 6.07) is 15.7. The Morgan fingerprint density at radius 2 is 1.81 bits per heavy atom. The average molecular weight is 421 g/mol. The Hall–Kier alpha value is -3.19. The first-order valence-corrected chi connectivity index (χ1v) is 10.6. The summed E-state index contributed by atoms with van der Waals surface area (Å²) in [6.07, 6.45) is 0.482. The number of carbonyl (C=O) groups is 3. The van der Waals surface area contributed by atoms with Gasteiger partial charge in [-0.25, -0.2) is 0 Å². The van der Waals surface area contributed by atoms with Crippen molar-refractivity contribution in [2.75, 3.05) is 13.1 Å². The molecule has 2 aromatic carbocycles. The van der Waals surface area contributed by atoms with E-state index in [0.29, 0.717) is 12.0 Å². The van der Waals surface area contributed by atoms with Gasteiger partial charge in [0.15, 0.2) is 0 Å². The van der Waals surface area contributed by atoms with Crippen molar-refractivity contribution in [3.05, 3.63) is 71.3 Å². The van der Waals surface area contributed by atoms with Crippen molar-refractivity contribution in [3.8, 4) is 0 Å². The fourth-order valence-corrected chi connectivity index (χ4v) is 4.68. The van der Waals surface area contributed by atoms with Crippen LogP contribution in [0.1, 0.15) is 41.4 Å². The Morgan fingerprint density at radius 3 is 2.52 bits per heavy atom. The highest BCUT2D eigenvalue weighted by atomic mass is 16.2. The molecule has 1 fully saturated rings. The molecule has 2 aliphatic heterocycles. The van der Waals surface area contributed by atoms with Gasteiger partial charge in [-0.2, -0.15) is 0 Å². The fourth-order valence-electron chi connectivity index (χ4n) is 4.68. The lowest BCUT2D eigenvalue weighted by molar-refractivity contribution is -0.132. The predicted molar refractivity (Wildman–Crippen MR) is 117 cm³/mol. The largest absolute Gasteiger partial charge is 0.354 e. The molecular weight excluding hydrogens is 392 g/mol. The minimum Gasteiger partial charge on any atom is -0.354 e. The molecule has 1 spiro atoms. The third-order valence-corrected chi connectivity index (χ3v) is 6.16. The van der Waals surface area contributed by atoms with Crippen molar-refractivity contribution in [2.24, 2.45) is 11.7 Å². The fraction of sp³-hybridized carbons (Fsp3) is 0.375. The molecule has 0 aromatic heterocycles. The summed E-state index contributed by atoms with van der Waals surface area (Å²) in [5.74, 6) is -1.21. The van der Waals surface area contributed by atoms with Crippen molar-refractivity contribution in [2.45, 2.75) is 37.9 Å². The van der Waals surface area contributed by atoms with Crippen molar-refractivity contribution in [1.29, 1.82) is 0 Å². The Balaban J connectivity index is 1.66. The van der Waals surface area contributed by atoms with E-state index in [1.165, 1.54) is 0 Å². The Kier molecular flexibility index (Phi) is 5.54. The lowest BCUT2D eigenvalue weighted by atomic mass is 9.77. The van der Waals surface area contributed by atoms with Crippen LogP contribution in [0, 0.1) is 5.92 Å². The second-order valence-electron chi connectivity index (χ2n) is 8.77. The van der Waals surface area contributed by atoms with Gasteiger partial charge in [-0.3, -0.25) is 14.4 Å². The number of benzene rings is 2. The monoisotopic (exact) mass is 420 g/mol. The van der Waals surface area contributed by atoms with Gasteiger partial charge in [-0.15, -0.1) is 0 Å². The van der Waals surface area contributed by atoms with E-state index in [9.17, 15) is 14.4 Å². The molecule has 0 unspecified atom stereocenters. The summed E-state index contributed by atoms with van der Waals surface area (Å²) in [5, 5.41) is 6.04. The van der Waals surface area contributed by atoms with Crippen LogP contribution in [0.4, 0.5) is 0 Å². The maximum atomic E-state index is 13.2. The number of amides is 3. The molecule has 2 heterocycles. The predicted octanol–water partition coefficient (Wildman–Crippen LogP) is 1.39. The van der Waals surface area contributed by atoms with E-state index in [0.717, 1.165) is 11.1 Å². The minimum absolute atomic E-state index is 0.0487. The first kappa shape index (κ1) is 21.1. The standard InChI is InChI=1S/C24H28N4O3/c1-15(2)26-22(30)19-13-28(23(31)20(25)16-8-4-3-5-9-16)14-24(19)12-17-10-6-7-11-18(17)21(29)27-24/h3-11,15,19-20H,12-14,25H2,1-2H3,(H,26,30)(H,27,29)/t19-,20-,24+/m0/s1. The lowest BCUT2D eigenvalue weighted by Crippen LogP contribution is -2.62.